The molecule has 0 aliphatic carbocycles. The fraction of sp³-hybridized carbons (Fsp3) is 0.889. The van der Waals surface area contributed by atoms with E-state index in [1.54, 1.807) is 6.92 Å². The van der Waals surface area contributed by atoms with Crippen molar-refractivity contribution in [2.45, 2.75) is 33.4 Å². The van der Waals surface area contributed by atoms with Crippen molar-refractivity contribution in [2.24, 2.45) is 0 Å². The fourth-order valence-corrected chi connectivity index (χ4v) is 1.03. The normalized spacial score (nSPS) is 13.4. The summed E-state index contributed by atoms with van der Waals surface area (Å²) in [6, 6.07) is 0. The highest BCUT2D eigenvalue weighted by Gasteiger charge is 2.17. The van der Waals surface area contributed by atoms with Gasteiger partial charge in [-0.15, -0.1) is 0 Å². The Labute approximate surface area is 73.7 Å². The number of hydrogen-bond acceptors (Lipinski definition) is 2. The Morgan fingerprint density at radius 1 is 1.33 bits per heavy atom. The van der Waals surface area contributed by atoms with E-state index in [4.69, 9.17) is 0 Å². The molecule has 0 aromatic carbocycles. The van der Waals surface area contributed by atoms with Crippen LogP contribution in [0.1, 0.15) is 27.2 Å². The minimum Gasteiger partial charge on any atom is -0.301 e. The van der Waals surface area contributed by atoms with Crippen molar-refractivity contribution in [3.05, 3.63) is 0 Å². The van der Waals surface area contributed by atoms with Crippen molar-refractivity contribution >= 4 is 5.78 Å². The highest BCUT2D eigenvalue weighted by atomic mass is 19.1. The molecule has 2 nitrogen and oxygen atoms in total. The lowest BCUT2D eigenvalue weighted by Gasteiger charge is -2.19. The van der Waals surface area contributed by atoms with Gasteiger partial charge in [0.25, 0.3) is 0 Å². The third-order valence-corrected chi connectivity index (χ3v) is 2.01. The summed E-state index contributed by atoms with van der Waals surface area (Å²) < 4.78 is 13.0. The van der Waals surface area contributed by atoms with Gasteiger partial charge in [0.05, 0.1) is 0 Å². The molecule has 0 aromatic rings. The van der Waals surface area contributed by atoms with Gasteiger partial charge in [0.2, 0.25) is 0 Å². The van der Waals surface area contributed by atoms with Crippen LogP contribution in [0.2, 0.25) is 0 Å². The van der Waals surface area contributed by atoms with Crippen LogP contribution in [0, 0.1) is 0 Å². The van der Waals surface area contributed by atoms with Crippen LogP contribution < -0.4 is 0 Å². The lowest BCUT2D eigenvalue weighted by Crippen LogP contribution is -2.34. The summed E-state index contributed by atoms with van der Waals surface area (Å²) >= 11 is 0. The van der Waals surface area contributed by atoms with Crippen molar-refractivity contribution in [3.8, 4) is 0 Å². The molecular weight excluding hydrogens is 157 g/mol. The topological polar surface area (TPSA) is 20.3 Å². The standard InChI is InChI=1S/C9H18FNO/c1-4-9(12)8(10)7-11(5-2)6-3/h8H,4-7H2,1-3H3. The van der Waals surface area contributed by atoms with Gasteiger partial charge in [0.1, 0.15) is 0 Å². The molecule has 0 heterocycles. The van der Waals surface area contributed by atoms with E-state index in [1.165, 1.54) is 0 Å². The molecule has 0 rings (SSSR count). The SMILES string of the molecule is CCC(=O)C(F)CN(CC)CC. The molecule has 1 unspecified atom stereocenters. The van der Waals surface area contributed by atoms with E-state index in [-0.39, 0.29) is 12.3 Å². The number of halogens is 1. The van der Waals surface area contributed by atoms with E-state index < -0.39 is 6.17 Å². The number of nitrogens with zero attached hydrogens (tertiary/aromatic N) is 1. The molecule has 3 heteroatoms. The Morgan fingerprint density at radius 3 is 2.17 bits per heavy atom. The lowest BCUT2D eigenvalue weighted by atomic mass is 10.2. The Kier molecular flexibility index (Phi) is 5.89. The molecule has 0 saturated heterocycles. The van der Waals surface area contributed by atoms with Crippen molar-refractivity contribution in [1.82, 2.24) is 4.90 Å². The molecule has 0 saturated carbocycles. The zero-order chi connectivity index (χ0) is 9.56. The summed E-state index contributed by atoms with van der Waals surface area (Å²) in [5.74, 6) is -0.290. The van der Waals surface area contributed by atoms with Gasteiger partial charge in [-0.25, -0.2) is 4.39 Å². The number of ketones is 1. The molecule has 0 fully saturated rings. The highest BCUT2D eigenvalue weighted by Crippen LogP contribution is 2.00. The summed E-state index contributed by atoms with van der Waals surface area (Å²) in [7, 11) is 0. The number of rotatable bonds is 6. The molecule has 1 atom stereocenters. The molecule has 0 N–H and O–H groups in total. The predicted molar refractivity (Wildman–Crippen MR) is 48.0 cm³/mol. The maximum atomic E-state index is 13.0. The minimum absolute atomic E-state index is 0.250. The molecule has 0 aliphatic rings. The van der Waals surface area contributed by atoms with E-state index in [0.717, 1.165) is 13.1 Å². The van der Waals surface area contributed by atoms with Crippen LogP contribution in [0.15, 0.2) is 0 Å². The Balaban J connectivity index is 3.80. The van der Waals surface area contributed by atoms with Crippen LogP contribution in [0.3, 0.4) is 0 Å². The smallest absolute Gasteiger partial charge is 0.171 e. The first kappa shape index (κ1) is 11.6. The minimum atomic E-state index is -1.30. The van der Waals surface area contributed by atoms with Gasteiger partial charge in [-0.3, -0.25) is 4.79 Å². The Bertz CT molecular complexity index is 134. The molecule has 0 amide bonds. The van der Waals surface area contributed by atoms with Gasteiger partial charge in [-0.05, 0) is 13.1 Å². The fourth-order valence-electron chi connectivity index (χ4n) is 1.03. The van der Waals surface area contributed by atoms with E-state index >= 15 is 0 Å². The maximum absolute atomic E-state index is 13.0. The zero-order valence-corrected chi connectivity index (χ0v) is 8.14. The van der Waals surface area contributed by atoms with Crippen LogP contribution in [-0.2, 0) is 4.79 Å². The average molecular weight is 175 g/mol. The summed E-state index contributed by atoms with van der Waals surface area (Å²) in [5, 5.41) is 0. The largest absolute Gasteiger partial charge is 0.301 e. The van der Waals surface area contributed by atoms with E-state index in [1.807, 2.05) is 18.7 Å². The van der Waals surface area contributed by atoms with Gasteiger partial charge in [-0.1, -0.05) is 20.8 Å². The van der Waals surface area contributed by atoms with Crippen LogP contribution in [-0.4, -0.2) is 36.5 Å². The maximum Gasteiger partial charge on any atom is 0.171 e. The molecule has 72 valence electrons. The first-order valence-electron chi connectivity index (χ1n) is 4.54. The Morgan fingerprint density at radius 2 is 1.83 bits per heavy atom. The number of hydrogen-bond donors (Lipinski definition) is 0. The van der Waals surface area contributed by atoms with Crippen molar-refractivity contribution in [1.29, 1.82) is 0 Å². The predicted octanol–water partition coefficient (Wildman–Crippen LogP) is 1.65. The zero-order valence-electron chi connectivity index (χ0n) is 8.14. The van der Waals surface area contributed by atoms with Crippen LogP contribution in [0.4, 0.5) is 4.39 Å². The Hall–Kier alpha value is -0.440. The van der Waals surface area contributed by atoms with Crippen molar-refractivity contribution < 1.29 is 9.18 Å². The first-order chi connectivity index (χ1) is 5.65. The monoisotopic (exact) mass is 175 g/mol. The van der Waals surface area contributed by atoms with Gasteiger partial charge in [0, 0.05) is 13.0 Å². The summed E-state index contributed by atoms with van der Waals surface area (Å²) in [6.07, 6.45) is -1.00. The second kappa shape index (κ2) is 6.12. The van der Waals surface area contributed by atoms with Gasteiger partial charge < -0.3 is 4.90 Å². The van der Waals surface area contributed by atoms with Gasteiger partial charge >= 0.3 is 0 Å². The molecular formula is C9H18FNO. The highest BCUT2D eigenvalue weighted by molar-refractivity contribution is 5.82. The van der Waals surface area contributed by atoms with Gasteiger partial charge in [0.15, 0.2) is 12.0 Å². The number of carbonyl (C=O) groups excluding carboxylic acids is 1. The van der Waals surface area contributed by atoms with Crippen LogP contribution >= 0.6 is 0 Å². The van der Waals surface area contributed by atoms with Crippen molar-refractivity contribution in [3.63, 3.8) is 0 Å². The number of Topliss-reactive ketones (excluding diaryl/α,β-unsaturated/α-hetero) is 1. The number of alkyl halides is 1. The van der Waals surface area contributed by atoms with Crippen LogP contribution in [0.5, 0.6) is 0 Å². The summed E-state index contributed by atoms with van der Waals surface area (Å²) in [6.45, 7) is 7.47. The first-order valence-corrected chi connectivity index (χ1v) is 4.54. The molecule has 0 spiro atoms. The van der Waals surface area contributed by atoms with Crippen LogP contribution in [0.25, 0.3) is 0 Å². The number of carbonyl (C=O) groups is 1. The van der Waals surface area contributed by atoms with E-state index in [9.17, 15) is 9.18 Å². The second-order valence-corrected chi connectivity index (χ2v) is 2.77. The van der Waals surface area contributed by atoms with E-state index in [2.05, 4.69) is 0 Å². The molecule has 0 radical (unpaired) electrons. The third-order valence-electron chi connectivity index (χ3n) is 2.01. The molecule has 0 aromatic heterocycles. The lowest BCUT2D eigenvalue weighted by molar-refractivity contribution is -0.124. The molecule has 12 heavy (non-hydrogen) atoms. The average Bonchev–Trinajstić information content (AvgIpc) is 2.12. The van der Waals surface area contributed by atoms with Gasteiger partial charge in [-0.2, -0.15) is 0 Å². The molecule has 0 aliphatic heterocycles. The second-order valence-electron chi connectivity index (χ2n) is 2.77. The summed E-state index contributed by atoms with van der Waals surface area (Å²) in [5.41, 5.74) is 0. The van der Waals surface area contributed by atoms with E-state index in [0.29, 0.717) is 6.42 Å². The quantitative estimate of drug-likeness (QED) is 0.611. The van der Waals surface area contributed by atoms with Crippen molar-refractivity contribution in [2.75, 3.05) is 19.6 Å². The third kappa shape index (κ3) is 3.81. The molecule has 0 bridgehead atoms. The summed E-state index contributed by atoms with van der Waals surface area (Å²) in [4.78, 5) is 12.8.